The van der Waals surface area contributed by atoms with Crippen molar-refractivity contribution in [2.45, 2.75) is 12.2 Å². The summed E-state index contributed by atoms with van der Waals surface area (Å²) in [7, 11) is 1.14. The summed E-state index contributed by atoms with van der Waals surface area (Å²) in [4.78, 5) is 14.8. The van der Waals surface area contributed by atoms with Crippen molar-refractivity contribution >= 4 is 21.9 Å². The molecule has 0 saturated carbocycles. The highest BCUT2D eigenvalue weighted by molar-refractivity contribution is 9.10. The molecule has 0 aromatic carbocycles. The monoisotopic (exact) mass is 275 g/mol. The minimum absolute atomic E-state index is 0.329. The topological polar surface area (TPSA) is 79.7 Å². The number of aliphatic hydroxyl groups is 2. The largest absolute Gasteiger partial charge is 0.467 e. The van der Waals surface area contributed by atoms with E-state index in [1.165, 1.54) is 6.20 Å². The first-order valence-corrected chi connectivity index (χ1v) is 4.91. The Labute approximate surface area is 94.8 Å². The molecule has 15 heavy (non-hydrogen) atoms. The lowest BCUT2D eigenvalue weighted by Crippen LogP contribution is -2.29. The average Bonchev–Trinajstić information content (AvgIpc) is 2.26. The van der Waals surface area contributed by atoms with Crippen molar-refractivity contribution in [2.75, 3.05) is 7.11 Å². The van der Waals surface area contributed by atoms with Crippen molar-refractivity contribution < 1.29 is 19.7 Å². The number of methoxy groups -OCH3 is 1. The van der Waals surface area contributed by atoms with Crippen LogP contribution >= 0.6 is 15.9 Å². The van der Waals surface area contributed by atoms with Crippen LogP contribution in [0.4, 0.5) is 0 Å². The normalized spacial score (nSPS) is 14.4. The zero-order valence-electron chi connectivity index (χ0n) is 7.92. The number of halogens is 1. The molecule has 0 aliphatic heterocycles. The van der Waals surface area contributed by atoms with Gasteiger partial charge in [0.25, 0.3) is 0 Å². The van der Waals surface area contributed by atoms with E-state index in [2.05, 4.69) is 25.7 Å². The van der Waals surface area contributed by atoms with Crippen molar-refractivity contribution in [3.63, 3.8) is 0 Å². The Balaban J connectivity index is 2.89. The maximum Gasteiger partial charge on any atom is 0.337 e. The van der Waals surface area contributed by atoms with Gasteiger partial charge in [-0.15, -0.1) is 0 Å². The molecule has 0 spiro atoms. The second-order valence-corrected chi connectivity index (χ2v) is 3.55. The molecule has 0 radical (unpaired) electrons. The Kier molecular flexibility index (Phi) is 4.19. The van der Waals surface area contributed by atoms with Crippen LogP contribution < -0.4 is 0 Å². The fraction of sp³-hybridized carbons (Fsp3) is 0.333. The summed E-state index contributed by atoms with van der Waals surface area (Å²) in [5, 5.41) is 19.0. The number of nitrogens with zero attached hydrogens (tertiary/aromatic N) is 1. The number of carbonyl (C=O) groups is 1. The van der Waals surface area contributed by atoms with Crippen LogP contribution in [0, 0.1) is 0 Å². The molecule has 6 heteroatoms. The third-order valence-electron chi connectivity index (χ3n) is 1.85. The van der Waals surface area contributed by atoms with E-state index in [9.17, 15) is 15.0 Å². The zero-order valence-corrected chi connectivity index (χ0v) is 9.51. The number of aromatic nitrogens is 1. The number of esters is 1. The zero-order chi connectivity index (χ0) is 11.4. The first-order chi connectivity index (χ1) is 7.07. The van der Waals surface area contributed by atoms with Crippen LogP contribution in [-0.2, 0) is 9.53 Å². The minimum atomic E-state index is -1.62. The SMILES string of the molecule is COC(=O)C(O)C(O)c1cccnc1Br. The van der Waals surface area contributed by atoms with E-state index in [0.717, 1.165) is 7.11 Å². The highest BCUT2D eigenvalue weighted by Crippen LogP contribution is 2.23. The molecule has 2 unspecified atom stereocenters. The van der Waals surface area contributed by atoms with Crippen molar-refractivity contribution in [3.05, 3.63) is 28.5 Å². The molecule has 82 valence electrons. The third kappa shape index (κ3) is 2.74. The van der Waals surface area contributed by atoms with E-state index in [1.54, 1.807) is 12.1 Å². The summed E-state index contributed by atoms with van der Waals surface area (Å²) in [6, 6.07) is 3.14. The summed E-state index contributed by atoms with van der Waals surface area (Å²) in [5.41, 5.74) is 0.329. The lowest BCUT2D eigenvalue weighted by molar-refractivity contribution is -0.156. The summed E-state index contributed by atoms with van der Waals surface area (Å²) >= 11 is 3.10. The van der Waals surface area contributed by atoms with E-state index >= 15 is 0 Å². The van der Waals surface area contributed by atoms with Crippen LogP contribution in [0.2, 0.25) is 0 Å². The van der Waals surface area contributed by atoms with Gasteiger partial charge < -0.3 is 14.9 Å². The predicted molar refractivity (Wildman–Crippen MR) is 54.9 cm³/mol. The maximum absolute atomic E-state index is 11.0. The molecule has 0 aliphatic carbocycles. The molecule has 1 aromatic rings. The van der Waals surface area contributed by atoms with Crippen molar-refractivity contribution in [1.29, 1.82) is 0 Å². The summed E-state index contributed by atoms with van der Waals surface area (Å²) in [6.45, 7) is 0. The van der Waals surface area contributed by atoms with Crippen LogP contribution in [0.1, 0.15) is 11.7 Å². The molecule has 0 bridgehead atoms. The molecule has 2 atom stereocenters. The molecule has 0 amide bonds. The van der Waals surface area contributed by atoms with Gasteiger partial charge in [-0.2, -0.15) is 0 Å². The van der Waals surface area contributed by atoms with Crippen molar-refractivity contribution in [3.8, 4) is 0 Å². The molecule has 0 aliphatic rings. The molecule has 0 saturated heterocycles. The first kappa shape index (κ1) is 12.1. The van der Waals surface area contributed by atoms with Crippen LogP contribution in [0.25, 0.3) is 0 Å². The summed E-state index contributed by atoms with van der Waals surface area (Å²) in [6.07, 6.45) is -1.46. The second kappa shape index (κ2) is 5.20. The Bertz CT molecular complexity index is 358. The lowest BCUT2D eigenvalue weighted by atomic mass is 10.1. The second-order valence-electron chi connectivity index (χ2n) is 2.80. The highest BCUT2D eigenvalue weighted by atomic mass is 79.9. The Hall–Kier alpha value is -0.980. The van der Waals surface area contributed by atoms with Crippen molar-refractivity contribution in [2.24, 2.45) is 0 Å². The van der Waals surface area contributed by atoms with Gasteiger partial charge in [0, 0.05) is 11.8 Å². The number of aliphatic hydroxyl groups excluding tert-OH is 2. The van der Waals surface area contributed by atoms with Gasteiger partial charge in [0.1, 0.15) is 10.7 Å². The van der Waals surface area contributed by atoms with Crippen LogP contribution in [0.5, 0.6) is 0 Å². The average molecular weight is 276 g/mol. The Morgan fingerprint density at radius 2 is 2.27 bits per heavy atom. The van der Waals surface area contributed by atoms with Gasteiger partial charge in [-0.3, -0.25) is 0 Å². The van der Waals surface area contributed by atoms with Gasteiger partial charge in [-0.05, 0) is 22.0 Å². The molecule has 2 N–H and O–H groups in total. The van der Waals surface area contributed by atoms with Crippen molar-refractivity contribution in [1.82, 2.24) is 4.98 Å². The lowest BCUT2D eigenvalue weighted by Gasteiger charge is -2.16. The third-order valence-corrected chi connectivity index (χ3v) is 2.51. The number of pyridine rings is 1. The van der Waals surface area contributed by atoms with Gasteiger partial charge in [-0.1, -0.05) is 6.07 Å². The number of rotatable bonds is 3. The number of ether oxygens (including phenoxy) is 1. The summed E-state index contributed by atoms with van der Waals surface area (Å²) in [5.74, 6) is -0.891. The molecular weight excluding hydrogens is 266 g/mol. The fourth-order valence-corrected chi connectivity index (χ4v) is 1.52. The van der Waals surface area contributed by atoms with E-state index in [4.69, 9.17) is 0 Å². The van der Waals surface area contributed by atoms with Gasteiger partial charge in [0.2, 0.25) is 0 Å². The first-order valence-electron chi connectivity index (χ1n) is 4.12. The molecule has 1 heterocycles. The molecule has 1 rings (SSSR count). The van der Waals surface area contributed by atoms with E-state index < -0.39 is 18.2 Å². The van der Waals surface area contributed by atoms with Gasteiger partial charge in [-0.25, -0.2) is 9.78 Å². The van der Waals surface area contributed by atoms with Gasteiger partial charge >= 0.3 is 5.97 Å². The minimum Gasteiger partial charge on any atom is -0.467 e. The van der Waals surface area contributed by atoms with Crippen LogP contribution in [-0.4, -0.2) is 34.4 Å². The van der Waals surface area contributed by atoms with E-state index in [1.807, 2.05) is 0 Å². The molecule has 1 aromatic heterocycles. The Morgan fingerprint density at radius 1 is 1.60 bits per heavy atom. The molecular formula is C9H10BrNO4. The van der Waals surface area contributed by atoms with Crippen LogP contribution in [0.15, 0.2) is 22.9 Å². The predicted octanol–water partition coefficient (Wildman–Crippen LogP) is 0.411. The molecule has 5 nitrogen and oxygen atoms in total. The number of carbonyl (C=O) groups excluding carboxylic acids is 1. The maximum atomic E-state index is 11.0. The quantitative estimate of drug-likeness (QED) is 0.617. The van der Waals surface area contributed by atoms with Gasteiger partial charge in [0.05, 0.1) is 7.11 Å². The summed E-state index contributed by atoms with van der Waals surface area (Å²) < 4.78 is 4.69. The number of hydrogen-bond acceptors (Lipinski definition) is 5. The highest BCUT2D eigenvalue weighted by Gasteiger charge is 2.27. The van der Waals surface area contributed by atoms with E-state index in [0.29, 0.717) is 10.2 Å². The fourth-order valence-electron chi connectivity index (χ4n) is 1.04. The smallest absolute Gasteiger partial charge is 0.337 e. The number of hydrogen-bond donors (Lipinski definition) is 2. The van der Waals surface area contributed by atoms with E-state index in [-0.39, 0.29) is 0 Å². The standard InChI is InChI=1S/C9H10BrNO4/c1-15-9(14)7(13)6(12)5-3-2-4-11-8(5)10/h2-4,6-7,12-13H,1H3. The Morgan fingerprint density at radius 3 is 2.80 bits per heavy atom. The van der Waals surface area contributed by atoms with Crippen LogP contribution in [0.3, 0.4) is 0 Å². The molecule has 0 fully saturated rings. The van der Waals surface area contributed by atoms with Gasteiger partial charge in [0.15, 0.2) is 6.10 Å².